The summed E-state index contributed by atoms with van der Waals surface area (Å²) in [5.41, 5.74) is 0. The van der Waals surface area contributed by atoms with Crippen LogP contribution >= 0.6 is 15.9 Å². The monoisotopic (exact) mass is 406 g/mol. The number of anilines is 1. The summed E-state index contributed by atoms with van der Waals surface area (Å²) in [6, 6.07) is 6.50. The molecular formula is C17H19BrN4O3. The molecule has 0 aliphatic carbocycles. The molecule has 3 heterocycles. The Kier molecular flexibility index (Phi) is 5.37. The summed E-state index contributed by atoms with van der Waals surface area (Å²) in [6.45, 7) is 4.29. The lowest BCUT2D eigenvalue weighted by Gasteiger charge is -2.36. The summed E-state index contributed by atoms with van der Waals surface area (Å²) in [7, 11) is 0. The Hall–Kier alpha value is -2.35. The van der Waals surface area contributed by atoms with Gasteiger partial charge in [-0.2, -0.15) is 0 Å². The first-order chi connectivity index (χ1) is 12.0. The third-order valence-electron chi connectivity index (χ3n) is 4.09. The van der Waals surface area contributed by atoms with Crippen molar-refractivity contribution in [2.75, 3.05) is 31.1 Å². The standard InChI is InChI=1S/C17H19BrN4O3/c1-12(20-16(23)14-3-2-10-25-14)17(24)22-8-6-21(7-9-22)15-5-4-13(18)11-19-15/h2-5,10-12H,6-9H2,1H3,(H,20,23). The van der Waals surface area contributed by atoms with E-state index in [1.165, 1.54) is 6.26 Å². The molecule has 0 saturated carbocycles. The molecule has 1 saturated heterocycles. The second-order valence-corrected chi connectivity index (χ2v) is 6.74. The van der Waals surface area contributed by atoms with Gasteiger partial charge in [-0.1, -0.05) is 0 Å². The zero-order valence-corrected chi connectivity index (χ0v) is 15.4. The molecule has 1 fully saturated rings. The highest BCUT2D eigenvalue weighted by Gasteiger charge is 2.26. The number of pyridine rings is 1. The van der Waals surface area contributed by atoms with Crippen LogP contribution in [0.1, 0.15) is 17.5 Å². The predicted octanol–water partition coefficient (Wildman–Crippen LogP) is 1.90. The minimum atomic E-state index is -0.602. The van der Waals surface area contributed by atoms with E-state index in [2.05, 4.69) is 31.1 Å². The zero-order chi connectivity index (χ0) is 17.8. The number of carbonyl (C=O) groups excluding carboxylic acids is 2. The van der Waals surface area contributed by atoms with Crippen molar-refractivity contribution in [1.29, 1.82) is 0 Å². The molecule has 0 aromatic carbocycles. The highest BCUT2D eigenvalue weighted by atomic mass is 79.9. The van der Waals surface area contributed by atoms with Crippen LogP contribution in [0.3, 0.4) is 0 Å². The number of halogens is 1. The van der Waals surface area contributed by atoms with Crippen LogP contribution in [-0.4, -0.2) is 53.9 Å². The van der Waals surface area contributed by atoms with E-state index in [4.69, 9.17) is 4.42 Å². The average Bonchev–Trinajstić information content (AvgIpc) is 3.17. The maximum atomic E-state index is 12.5. The van der Waals surface area contributed by atoms with Crippen LogP contribution in [-0.2, 0) is 4.79 Å². The van der Waals surface area contributed by atoms with E-state index >= 15 is 0 Å². The average molecular weight is 407 g/mol. The molecule has 0 radical (unpaired) electrons. The van der Waals surface area contributed by atoms with Gasteiger partial charge in [0, 0.05) is 36.8 Å². The Morgan fingerprint density at radius 1 is 1.24 bits per heavy atom. The van der Waals surface area contributed by atoms with E-state index in [9.17, 15) is 9.59 Å². The van der Waals surface area contributed by atoms with Gasteiger partial charge in [-0.3, -0.25) is 9.59 Å². The first-order valence-electron chi connectivity index (χ1n) is 8.04. The fourth-order valence-corrected chi connectivity index (χ4v) is 2.96. The van der Waals surface area contributed by atoms with E-state index in [-0.39, 0.29) is 17.6 Å². The first kappa shape index (κ1) is 17.5. The largest absolute Gasteiger partial charge is 0.459 e. The molecule has 2 amide bonds. The van der Waals surface area contributed by atoms with Gasteiger partial charge in [0.15, 0.2) is 5.76 Å². The molecule has 2 aromatic rings. The molecule has 7 nitrogen and oxygen atoms in total. The maximum absolute atomic E-state index is 12.5. The molecule has 25 heavy (non-hydrogen) atoms. The van der Waals surface area contributed by atoms with Crippen LogP contribution in [0.4, 0.5) is 5.82 Å². The lowest BCUT2D eigenvalue weighted by atomic mass is 10.2. The minimum absolute atomic E-state index is 0.0941. The van der Waals surface area contributed by atoms with Gasteiger partial charge in [-0.15, -0.1) is 0 Å². The molecule has 2 aromatic heterocycles. The summed E-state index contributed by atoms with van der Waals surface area (Å²) >= 11 is 3.37. The summed E-state index contributed by atoms with van der Waals surface area (Å²) in [5, 5.41) is 2.67. The van der Waals surface area contributed by atoms with Crippen LogP contribution < -0.4 is 10.2 Å². The fourth-order valence-electron chi connectivity index (χ4n) is 2.72. The normalized spacial score (nSPS) is 15.8. The van der Waals surface area contributed by atoms with Crippen LogP contribution in [0.5, 0.6) is 0 Å². The molecule has 1 unspecified atom stereocenters. The SMILES string of the molecule is CC(NC(=O)c1ccco1)C(=O)N1CCN(c2ccc(Br)cn2)CC1. The lowest BCUT2D eigenvalue weighted by molar-refractivity contribution is -0.133. The molecule has 0 spiro atoms. The number of rotatable bonds is 4. The molecule has 1 aliphatic heterocycles. The Bertz CT molecular complexity index is 725. The van der Waals surface area contributed by atoms with Gasteiger partial charge in [0.1, 0.15) is 11.9 Å². The van der Waals surface area contributed by atoms with Crippen LogP contribution in [0, 0.1) is 0 Å². The summed E-state index contributed by atoms with van der Waals surface area (Å²) in [6.07, 6.45) is 3.19. The van der Waals surface area contributed by atoms with E-state index in [0.717, 1.165) is 10.3 Å². The van der Waals surface area contributed by atoms with Gasteiger partial charge >= 0.3 is 0 Å². The quantitative estimate of drug-likeness (QED) is 0.838. The highest BCUT2D eigenvalue weighted by molar-refractivity contribution is 9.10. The molecule has 132 valence electrons. The van der Waals surface area contributed by atoms with Crippen molar-refractivity contribution in [3.63, 3.8) is 0 Å². The van der Waals surface area contributed by atoms with Gasteiger partial charge in [0.25, 0.3) is 5.91 Å². The second kappa shape index (κ2) is 7.69. The smallest absolute Gasteiger partial charge is 0.287 e. The van der Waals surface area contributed by atoms with Crippen molar-refractivity contribution in [3.8, 4) is 0 Å². The van der Waals surface area contributed by atoms with Gasteiger partial charge in [-0.05, 0) is 47.1 Å². The molecule has 1 N–H and O–H groups in total. The van der Waals surface area contributed by atoms with E-state index in [1.54, 1.807) is 30.2 Å². The number of amides is 2. The summed E-state index contributed by atoms with van der Waals surface area (Å²) < 4.78 is 5.98. The third-order valence-corrected chi connectivity index (χ3v) is 4.56. The van der Waals surface area contributed by atoms with E-state index < -0.39 is 6.04 Å². The number of hydrogen-bond donors (Lipinski definition) is 1. The number of piperazine rings is 1. The Balaban J connectivity index is 1.52. The number of nitrogens with one attached hydrogen (secondary N) is 1. The van der Waals surface area contributed by atoms with Crippen molar-refractivity contribution in [2.45, 2.75) is 13.0 Å². The topological polar surface area (TPSA) is 78.7 Å². The summed E-state index contributed by atoms with van der Waals surface area (Å²) in [4.78, 5) is 32.8. The van der Waals surface area contributed by atoms with Crippen LogP contribution in [0.2, 0.25) is 0 Å². The van der Waals surface area contributed by atoms with Gasteiger partial charge in [0.05, 0.1) is 6.26 Å². The van der Waals surface area contributed by atoms with E-state index in [0.29, 0.717) is 26.2 Å². The van der Waals surface area contributed by atoms with Crippen LogP contribution in [0.15, 0.2) is 45.6 Å². The van der Waals surface area contributed by atoms with Gasteiger partial charge in [-0.25, -0.2) is 4.98 Å². The molecule has 0 bridgehead atoms. The van der Waals surface area contributed by atoms with Crippen molar-refractivity contribution in [2.24, 2.45) is 0 Å². The molecule has 3 rings (SSSR count). The highest BCUT2D eigenvalue weighted by Crippen LogP contribution is 2.16. The third kappa shape index (κ3) is 4.19. The predicted molar refractivity (Wildman–Crippen MR) is 96.4 cm³/mol. The van der Waals surface area contributed by atoms with Crippen molar-refractivity contribution >= 4 is 33.6 Å². The fraction of sp³-hybridized carbons (Fsp3) is 0.353. The van der Waals surface area contributed by atoms with Crippen molar-refractivity contribution in [3.05, 3.63) is 47.0 Å². The maximum Gasteiger partial charge on any atom is 0.287 e. The van der Waals surface area contributed by atoms with Gasteiger partial charge < -0.3 is 19.5 Å². The number of carbonyl (C=O) groups is 2. The number of aromatic nitrogens is 1. The van der Waals surface area contributed by atoms with E-state index in [1.807, 2.05) is 12.1 Å². The van der Waals surface area contributed by atoms with Crippen molar-refractivity contribution in [1.82, 2.24) is 15.2 Å². The Morgan fingerprint density at radius 2 is 2.00 bits per heavy atom. The van der Waals surface area contributed by atoms with Gasteiger partial charge in [0.2, 0.25) is 5.91 Å². The second-order valence-electron chi connectivity index (χ2n) is 5.82. The molecular weight excluding hydrogens is 388 g/mol. The number of nitrogens with zero attached hydrogens (tertiary/aromatic N) is 3. The molecule has 8 heteroatoms. The molecule has 1 atom stereocenters. The van der Waals surface area contributed by atoms with Crippen molar-refractivity contribution < 1.29 is 14.0 Å². The zero-order valence-electron chi connectivity index (χ0n) is 13.8. The number of hydrogen-bond acceptors (Lipinski definition) is 5. The molecule has 1 aliphatic rings. The van der Waals surface area contributed by atoms with Crippen LogP contribution in [0.25, 0.3) is 0 Å². The number of furan rings is 1. The summed E-state index contributed by atoms with van der Waals surface area (Å²) in [5.74, 6) is 0.618. The Labute approximate surface area is 154 Å². The minimum Gasteiger partial charge on any atom is -0.459 e. The first-order valence-corrected chi connectivity index (χ1v) is 8.83. The Morgan fingerprint density at radius 3 is 2.60 bits per heavy atom. The lowest BCUT2D eigenvalue weighted by Crippen LogP contribution is -2.54.